The molecule has 0 unspecified atom stereocenters. The highest BCUT2D eigenvalue weighted by molar-refractivity contribution is 5.05. The zero-order valence-electron chi connectivity index (χ0n) is 6.82. The Morgan fingerprint density at radius 2 is 2.09 bits per heavy atom. The molecule has 0 aromatic rings. The van der Waals surface area contributed by atoms with Crippen LogP contribution in [0.25, 0.3) is 0 Å². The average molecular weight is 152 g/mol. The first kappa shape index (κ1) is 7.72. The molecule has 0 amide bonds. The second-order valence-corrected chi connectivity index (χ2v) is 2.30. The Hall–Kier alpha value is -1.38. The summed E-state index contributed by atoms with van der Waals surface area (Å²) in [5.74, 6) is 0.797. The van der Waals surface area contributed by atoms with Crippen molar-refractivity contribution in [3.8, 4) is 0 Å². The van der Waals surface area contributed by atoms with Gasteiger partial charge in [0.1, 0.15) is 12.1 Å². The molecule has 0 N–H and O–H groups in total. The fourth-order valence-electron chi connectivity index (χ4n) is 0.720. The number of hydroxylamine groups is 2. The molecule has 0 atom stereocenters. The molecule has 0 bridgehead atoms. The minimum Gasteiger partial charge on any atom is -0.386 e. The van der Waals surface area contributed by atoms with Crippen molar-refractivity contribution in [1.29, 1.82) is 0 Å². The smallest absolute Gasteiger partial charge is 0.136 e. The SMILES string of the molecule is C=C1N(C)C=CC=CON1C. The van der Waals surface area contributed by atoms with Crippen LogP contribution in [0.5, 0.6) is 0 Å². The van der Waals surface area contributed by atoms with Gasteiger partial charge in [-0.2, -0.15) is 5.06 Å². The molecule has 0 aromatic carbocycles. The summed E-state index contributed by atoms with van der Waals surface area (Å²) in [6.07, 6.45) is 7.23. The van der Waals surface area contributed by atoms with E-state index in [4.69, 9.17) is 4.84 Å². The number of hydrogen-bond donors (Lipinski definition) is 0. The number of nitrogens with zero attached hydrogens (tertiary/aromatic N) is 2. The van der Waals surface area contributed by atoms with Crippen molar-refractivity contribution in [2.45, 2.75) is 0 Å². The first-order valence-corrected chi connectivity index (χ1v) is 3.37. The van der Waals surface area contributed by atoms with E-state index in [1.807, 2.05) is 37.3 Å². The molecule has 0 saturated carbocycles. The van der Waals surface area contributed by atoms with Crippen molar-refractivity contribution in [1.82, 2.24) is 9.96 Å². The Morgan fingerprint density at radius 3 is 2.82 bits per heavy atom. The first-order chi connectivity index (χ1) is 5.22. The molecule has 1 rings (SSSR count). The fraction of sp³-hybridized carbons (Fsp3) is 0.250. The van der Waals surface area contributed by atoms with Crippen LogP contribution in [0.4, 0.5) is 0 Å². The summed E-state index contributed by atoms with van der Waals surface area (Å²) < 4.78 is 0. The highest BCUT2D eigenvalue weighted by atomic mass is 16.7. The second-order valence-electron chi connectivity index (χ2n) is 2.30. The predicted octanol–water partition coefficient (Wildman–Crippen LogP) is 1.29. The van der Waals surface area contributed by atoms with E-state index in [1.54, 1.807) is 11.3 Å². The fourth-order valence-corrected chi connectivity index (χ4v) is 0.720. The molecule has 1 aliphatic heterocycles. The number of hydrogen-bond acceptors (Lipinski definition) is 3. The van der Waals surface area contributed by atoms with Gasteiger partial charge in [-0.3, -0.25) is 0 Å². The van der Waals surface area contributed by atoms with Crippen LogP contribution < -0.4 is 0 Å². The van der Waals surface area contributed by atoms with Crippen molar-refractivity contribution in [2.24, 2.45) is 0 Å². The van der Waals surface area contributed by atoms with Gasteiger partial charge >= 0.3 is 0 Å². The van der Waals surface area contributed by atoms with E-state index >= 15 is 0 Å². The topological polar surface area (TPSA) is 15.7 Å². The normalized spacial score (nSPS) is 17.8. The first-order valence-electron chi connectivity index (χ1n) is 3.37. The van der Waals surface area contributed by atoms with Crippen molar-refractivity contribution in [2.75, 3.05) is 14.1 Å². The predicted molar refractivity (Wildman–Crippen MR) is 44.0 cm³/mol. The Bertz CT molecular complexity index is 208. The lowest BCUT2D eigenvalue weighted by molar-refractivity contribution is -0.0632. The summed E-state index contributed by atoms with van der Waals surface area (Å²) in [5.41, 5.74) is 0. The van der Waals surface area contributed by atoms with Gasteiger partial charge in [0.2, 0.25) is 0 Å². The summed E-state index contributed by atoms with van der Waals surface area (Å²) >= 11 is 0. The highest BCUT2D eigenvalue weighted by Gasteiger charge is 2.04. The molecule has 1 aliphatic rings. The van der Waals surface area contributed by atoms with Crippen molar-refractivity contribution in [3.05, 3.63) is 37.0 Å². The molecular formula is C8H12N2O. The maximum Gasteiger partial charge on any atom is 0.136 e. The minimum atomic E-state index is 0.797. The van der Waals surface area contributed by atoms with Crippen LogP contribution >= 0.6 is 0 Å². The summed E-state index contributed by atoms with van der Waals surface area (Å²) in [4.78, 5) is 7.00. The highest BCUT2D eigenvalue weighted by Crippen LogP contribution is 2.07. The molecule has 60 valence electrons. The van der Waals surface area contributed by atoms with Crippen molar-refractivity contribution in [3.63, 3.8) is 0 Å². The quantitative estimate of drug-likeness (QED) is 0.520. The summed E-state index contributed by atoms with van der Waals surface area (Å²) in [7, 11) is 3.72. The Morgan fingerprint density at radius 1 is 1.36 bits per heavy atom. The number of rotatable bonds is 0. The minimum absolute atomic E-state index is 0.797. The standard InChI is InChI=1S/C8H12N2O/c1-8-9(2)6-4-5-7-11-10(8)3/h4-7H,1H2,2-3H3. The van der Waals surface area contributed by atoms with Crippen LogP contribution in [0.1, 0.15) is 0 Å². The molecule has 3 nitrogen and oxygen atoms in total. The van der Waals surface area contributed by atoms with Crippen LogP contribution in [-0.2, 0) is 4.84 Å². The van der Waals surface area contributed by atoms with E-state index in [2.05, 4.69) is 6.58 Å². The van der Waals surface area contributed by atoms with Gasteiger partial charge in [-0.25, -0.2) is 0 Å². The summed E-state index contributed by atoms with van der Waals surface area (Å²) in [6, 6.07) is 0. The van der Waals surface area contributed by atoms with Crippen LogP contribution in [0.2, 0.25) is 0 Å². The van der Waals surface area contributed by atoms with Gasteiger partial charge in [0.25, 0.3) is 0 Å². The Balaban J connectivity index is 2.75. The van der Waals surface area contributed by atoms with Crippen LogP contribution in [0.15, 0.2) is 37.0 Å². The molecular weight excluding hydrogens is 140 g/mol. The van der Waals surface area contributed by atoms with Gasteiger partial charge in [0.15, 0.2) is 0 Å². The van der Waals surface area contributed by atoms with Crippen LogP contribution in [-0.4, -0.2) is 24.1 Å². The third-order valence-corrected chi connectivity index (χ3v) is 1.49. The Labute approximate surface area is 66.8 Å². The summed E-state index contributed by atoms with van der Waals surface area (Å²) in [6.45, 7) is 3.82. The third-order valence-electron chi connectivity index (χ3n) is 1.49. The zero-order valence-corrected chi connectivity index (χ0v) is 6.82. The van der Waals surface area contributed by atoms with Gasteiger partial charge < -0.3 is 9.74 Å². The van der Waals surface area contributed by atoms with Crippen molar-refractivity contribution < 1.29 is 4.84 Å². The van der Waals surface area contributed by atoms with E-state index in [0.29, 0.717) is 0 Å². The molecule has 0 fully saturated rings. The Kier molecular flexibility index (Phi) is 2.21. The molecule has 0 aliphatic carbocycles. The third kappa shape index (κ3) is 1.77. The molecule has 0 radical (unpaired) electrons. The van der Waals surface area contributed by atoms with Gasteiger partial charge in [-0.1, -0.05) is 6.58 Å². The maximum atomic E-state index is 5.13. The van der Waals surface area contributed by atoms with E-state index in [-0.39, 0.29) is 0 Å². The molecule has 0 saturated heterocycles. The monoisotopic (exact) mass is 152 g/mol. The molecule has 1 heterocycles. The summed E-state index contributed by atoms with van der Waals surface area (Å²) in [5, 5.41) is 1.60. The van der Waals surface area contributed by atoms with Gasteiger partial charge in [0, 0.05) is 20.3 Å². The lowest BCUT2D eigenvalue weighted by atomic mass is 10.5. The average Bonchev–Trinajstić information content (AvgIpc) is 2.00. The molecule has 3 heteroatoms. The van der Waals surface area contributed by atoms with Crippen LogP contribution in [0, 0.1) is 0 Å². The van der Waals surface area contributed by atoms with E-state index < -0.39 is 0 Å². The molecule has 0 aromatic heterocycles. The lowest BCUT2D eigenvalue weighted by Crippen LogP contribution is -2.25. The zero-order chi connectivity index (χ0) is 8.27. The van der Waals surface area contributed by atoms with Crippen molar-refractivity contribution >= 4 is 0 Å². The van der Waals surface area contributed by atoms with Crippen LogP contribution in [0.3, 0.4) is 0 Å². The lowest BCUT2D eigenvalue weighted by Gasteiger charge is -2.26. The number of allylic oxidation sites excluding steroid dienone is 2. The van der Waals surface area contributed by atoms with E-state index in [1.165, 1.54) is 0 Å². The van der Waals surface area contributed by atoms with E-state index in [9.17, 15) is 0 Å². The van der Waals surface area contributed by atoms with E-state index in [0.717, 1.165) is 5.82 Å². The largest absolute Gasteiger partial charge is 0.386 e. The van der Waals surface area contributed by atoms with Gasteiger partial charge in [0.05, 0.1) is 0 Å². The van der Waals surface area contributed by atoms with Gasteiger partial charge in [-0.15, -0.1) is 0 Å². The molecule has 11 heavy (non-hydrogen) atoms. The maximum absolute atomic E-state index is 5.13. The van der Waals surface area contributed by atoms with Gasteiger partial charge in [-0.05, 0) is 12.2 Å². The second kappa shape index (κ2) is 3.14. The molecule has 0 spiro atoms.